The van der Waals surface area contributed by atoms with Gasteiger partial charge in [0.2, 0.25) is 5.95 Å². The van der Waals surface area contributed by atoms with Crippen molar-refractivity contribution in [1.82, 2.24) is 19.1 Å². The molecule has 11 rings (SSSR count). The maximum absolute atomic E-state index is 6.42. The number of aromatic nitrogens is 4. The van der Waals surface area contributed by atoms with E-state index in [1.807, 2.05) is 24.3 Å². The van der Waals surface area contributed by atoms with Crippen molar-refractivity contribution in [2.24, 2.45) is 0 Å². The second-order valence-corrected chi connectivity index (χ2v) is 12.6. The minimum absolute atomic E-state index is 0.648. The van der Waals surface area contributed by atoms with Crippen LogP contribution in [0.3, 0.4) is 0 Å². The van der Waals surface area contributed by atoms with E-state index in [1.165, 1.54) is 10.8 Å². The Morgan fingerprint density at radius 1 is 0.429 bits per heavy atom. The molecule has 4 heterocycles. The third kappa shape index (κ3) is 3.70. The van der Waals surface area contributed by atoms with Gasteiger partial charge in [0.1, 0.15) is 11.2 Å². The molecule has 0 radical (unpaired) electrons. The molecule has 0 N–H and O–H groups in total. The molecule has 0 amide bonds. The number of rotatable bonds is 3. The number of para-hydroxylation sites is 4. The Morgan fingerprint density at radius 3 is 2.00 bits per heavy atom. The molecule has 0 saturated heterocycles. The fraction of sp³-hybridized carbons (Fsp3) is 0. The number of fused-ring (bicyclic) bond motifs is 11. The number of benzene rings is 7. The van der Waals surface area contributed by atoms with E-state index in [0.717, 1.165) is 82.6 Å². The maximum Gasteiger partial charge on any atom is 0.235 e. The molecule has 0 fully saturated rings. The van der Waals surface area contributed by atoms with Crippen LogP contribution < -0.4 is 0 Å². The van der Waals surface area contributed by atoms with Gasteiger partial charge in [-0.3, -0.25) is 4.57 Å². The van der Waals surface area contributed by atoms with Crippen LogP contribution in [0, 0.1) is 0 Å². The van der Waals surface area contributed by atoms with Gasteiger partial charge < -0.3 is 8.98 Å². The zero-order chi connectivity index (χ0) is 32.1. The Labute approximate surface area is 279 Å². The molecule has 0 aliphatic carbocycles. The molecule has 0 aliphatic rings. The highest BCUT2D eigenvalue weighted by atomic mass is 16.3. The van der Waals surface area contributed by atoms with Crippen LogP contribution in [0.15, 0.2) is 162 Å². The first-order valence-electron chi connectivity index (χ1n) is 16.5. The van der Waals surface area contributed by atoms with Crippen LogP contribution in [0.25, 0.3) is 99.3 Å². The van der Waals surface area contributed by atoms with Crippen LogP contribution in [-0.4, -0.2) is 19.1 Å². The summed E-state index contributed by atoms with van der Waals surface area (Å²) in [6.45, 7) is 0. The first-order chi connectivity index (χ1) is 24.3. The van der Waals surface area contributed by atoms with E-state index < -0.39 is 0 Å². The smallest absolute Gasteiger partial charge is 0.235 e. The molecular weight excluding hydrogens is 601 g/mol. The van der Waals surface area contributed by atoms with Crippen molar-refractivity contribution < 1.29 is 4.42 Å². The summed E-state index contributed by atoms with van der Waals surface area (Å²) in [4.78, 5) is 10.5. The molecule has 4 aromatic heterocycles. The van der Waals surface area contributed by atoms with Crippen LogP contribution in [-0.2, 0) is 0 Å². The molecule has 0 bridgehead atoms. The van der Waals surface area contributed by atoms with E-state index in [-0.39, 0.29) is 0 Å². The quantitative estimate of drug-likeness (QED) is 0.196. The van der Waals surface area contributed by atoms with Crippen LogP contribution in [0.4, 0.5) is 0 Å². The zero-order valence-electron chi connectivity index (χ0n) is 26.2. The number of hydrogen-bond acceptors (Lipinski definition) is 3. The van der Waals surface area contributed by atoms with Crippen molar-refractivity contribution in [1.29, 1.82) is 0 Å². The first kappa shape index (κ1) is 26.4. The summed E-state index contributed by atoms with van der Waals surface area (Å²) in [5, 5.41) is 7.96. The number of hydrogen-bond donors (Lipinski definition) is 0. The molecular formula is C44H26N4O. The number of nitrogens with zero attached hydrogens (tertiary/aromatic N) is 4. The SMILES string of the molecule is c1ccc(-c2nc(-n3c4ccccc4c4c3ccc3c5cc6c(cc5n(-c5ccccc5)c34)oc3ccccc36)nc3ccccc23)cc1. The highest BCUT2D eigenvalue weighted by Crippen LogP contribution is 2.44. The fourth-order valence-corrected chi connectivity index (χ4v) is 7.81. The van der Waals surface area contributed by atoms with Crippen LogP contribution in [0.1, 0.15) is 0 Å². The van der Waals surface area contributed by atoms with Gasteiger partial charge >= 0.3 is 0 Å². The molecule has 0 aliphatic heterocycles. The Kier molecular flexibility index (Phi) is 5.32. The summed E-state index contributed by atoms with van der Waals surface area (Å²) < 4.78 is 11.0. The normalized spacial score (nSPS) is 12.1. The molecule has 0 unspecified atom stereocenters. The molecule has 5 nitrogen and oxygen atoms in total. The van der Waals surface area contributed by atoms with Gasteiger partial charge in [0.15, 0.2) is 0 Å². The zero-order valence-corrected chi connectivity index (χ0v) is 26.2. The Balaban J connectivity index is 1.31. The van der Waals surface area contributed by atoms with E-state index in [2.05, 4.69) is 143 Å². The van der Waals surface area contributed by atoms with Gasteiger partial charge in [-0.2, -0.15) is 0 Å². The summed E-state index contributed by atoms with van der Waals surface area (Å²) in [6.07, 6.45) is 0. The lowest BCUT2D eigenvalue weighted by Gasteiger charge is -2.12. The molecule has 11 aromatic rings. The highest BCUT2D eigenvalue weighted by molar-refractivity contribution is 6.27. The summed E-state index contributed by atoms with van der Waals surface area (Å²) in [5.41, 5.74) is 10.1. The Morgan fingerprint density at radius 2 is 1.14 bits per heavy atom. The van der Waals surface area contributed by atoms with Gasteiger partial charge in [0, 0.05) is 55.0 Å². The van der Waals surface area contributed by atoms with E-state index >= 15 is 0 Å². The number of furan rings is 1. The fourth-order valence-electron chi connectivity index (χ4n) is 7.81. The van der Waals surface area contributed by atoms with E-state index in [4.69, 9.17) is 14.4 Å². The summed E-state index contributed by atoms with van der Waals surface area (Å²) in [7, 11) is 0. The molecule has 5 heteroatoms. The summed E-state index contributed by atoms with van der Waals surface area (Å²) >= 11 is 0. The lowest BCUT2D eigenvalue weighted by Crippen LogP contribution is -2.03. The molecule has 0 spiro atoms. The van der Waals surface area contributed by atoms with Gasteiger partial charge in [-0.25, -0.2) is 9.97 Å². The van der Waals surface area contributed by atoms with Gasteiger partial charge in [0.05, 0.1) is 33.3 Å². The minimum atomic E-state index is 0.648. The predicted octanol–water partition coefficient (Wildman–Crippen LogP) is 11.4. The van der Waals surface area contributed by atoms with E-state index in [0.29, 0.717) is 5.95 Å². The monoisotopic (exact) mass is 626 g/mol. The van der Waals surface area contributed by atoms with E-state index in [9.17, 15) is 0 Å². The van der Waals surface area contributed by atoms with Crippen molar-refractivity contribution in [3.8, 4) is 22.9 Å². The molecule has 0 saturated carbocycles. The molecule has 228 valence electrons. The van der Waals surface area contributed by atoms with Crippen molar-refractivity contribution in [3.05, 3.63) is 158 Å². The van der Waals surface area contributed by atoms with Gasteiger partial charge in [-0.05, 0) is 42.5 Å². The van der Waals surface area contributed by atoms with Crippen LogP contribution >= 0.6 is 0 Å². The third-order valence-corrected chi connectivity index (χ3v) is 9.91. The van der Waals surface area contributed by atoms with Crippen molar-refractivity contribution >= 4 is 76.5 Å². The first-order valence-corrected chi connectivity index (χ1v) is 16.5. The van der Waals surface area contributed by atoms with Gasteiger partial charge in [-0.15, -0.1) is 0 Å². The predicted molar refractivity (Wildman–Crippen MR) is 201 cm³/mol. The van der Waals surface area contributed by atoms with Crippen molar-refractivity contribution in [3.63, 3.8) is 0 Å². The average molecular weight is 627 g/mol. The van der Waals surface area contributed by atoms with Gasteiger partial charge in [0.25, 0.3) is 0 Å². The lowest BCUT2D eigenvalue weighted by atomic mass is 10.1. The highest BCUT2D eigenvalue weighted by Gasteiger charge is 2.23. The Hall–Kier alpha value is -6.72. The topological polar surface area (TPSA) is 48.8 Å². The maximum atomic E-state index is 6.42. The molecule has 49 heavy (non-hydrogen) atoms. The Bertz CT molecular complexity index is 3100. The van der Waals surface area contributed by atoms with Crippen LogP contribution in [0.5, 0.6) is 0 Å². The average Bonchev–Trinajstić information content (AvgIpc) is 3.81. The molecule has 0 atom stereocenters. The second-order valence-electron chi connectivity index (χ2n) is 12.6. The third-order valence-electron chi connectivity index (χ3n) is 9.91. The van der Waals surface area contributed by atoms with Gasteiger partial charge in [-0.1, -0.05) is 109 Å². The van der Waals surface area contributed by atoms with Crippen molar-refractivity contribution in [2.75, 3.05) is 0 Å². The van der Waals surface area contributed by atoms with E-state index in [1.54, 1.807) is 0 Å². The van der Waals surface area contributed by atoms with Crippen LogP contribution in [0.2, 0.25) is 0 Å². The summed E-state index contributed by atoms with van der Waals surface area (Å²) in [6, 6.07) is 55.2. The minimum Gasteiger partial charge on any atom is -0.456 e. The lowest BCUT2D eigenvalue weighted by molar-refractivity contribution is 0.669. The molecule has 7 aromatic carbocycles. The summed E-state index contributed by atoms with van der Waals surface area (Å²) in [5.74, 6) is 0.648. The largest absolute Gasteiger partial charge is 0.456 e. The standard InChI is InChI=1S/C44H26N4O/c1-3-13-27(14-4-1)42-31-18-7-10-20-35(31)45-44(46-42)48-36-21-11-8-19-32(36)41-37(48)24-23-30-33-25-34-29-17-9-12-22-39(29)49-40(34)26-38(33)47(43(30)41)28-15-5-2-6-16-28/h1-26H. The second kappa shape index (κ2) is 9.89. The van der Waals surface area contributed by atoms with Crippen molar-refractivity contribution in [2.45, 2.75) is 0 Å².